The molecule has 0 aromatic carbocycles. The molecule has 4 aliphatic carbocycles. The highest BCUT2D eigenvalue weighted by Gasteiger charge is 2.51. The van der Waals surface area contributed by atoms with Crippen molar-refractivity contribution in [2.24, 2.45) is 23.7 Å². The molecule has 106 valence electrons. The van der Waals surface area contributed by atoms with Gasteiger partial charge in [-0.1, -0.05) is 0 Å². The summed E-state index contributed by atoms with van der Waals surface area (Å²) in [5.41, 5.74) is 0. The third-order valence-electron chi connectivity index (χ3n) is 6.16. The van der Waals surface area contributed by atoms with Crippen LogP contribution < -0.4 is 5.32 Å². The van der Waals surface area contributed by atoms with Crippen molar-refractivity contribution < 1.29 is 4.79 Å². The number of hydrogen-bond donors (Lipinski definition) is 1. The molecule has 1 aliphatic heterocycles. The fourth-order valence-electron chi connectivity index (χ4n) is 5.72. The van der Waals surface area contributed by atoms with E-state index in [1.165, 1.54) is 32.1 Å². The minimum absolute atomic E-state index is 0.411. The van der Waals surface area contributed by atoms with E-state index in [0.29, 0.717) is 24.4 Å². The topological polar surface area (TPSA) is 32.3 Å². The zero-order valence-corrected chi connectivity index (χ0v) is 12.0. The van der Waals surface area contributed by atoms with Crippen LogP contribution in [0, 0.1) is 23.7 Å². The van der Waals surface area contributed by atoms with Gasteiger partial charge in [0.2, 0.25) is 5.91 Å². The van der Waals surface area contributed by atoms with Crippen LogP contribution in [0.4, 0.5) is 0 Å². The van der Waals surface area contributed by atoms with Crippen molar-refractivity contribution in [3.05, 3.63) is 0 Å². The summed E-state index contributed by atoms with van der Waals surface area (Å²) in [5, 5.41) is 3.46. The smallest absolute Gasteiger partial charge is 0.224 e. The third kappa shape index (κ3) is 2.01. The molecule has 5 fully saturated rings. The Morgan fingerprint density at radius 2 is 1.68 bits per heavy atom. The summed E-state index contributed by atoms with van der Waals surface area (Å²) in [6, 6.07) is 1.05. The normalized spacial score (nSPS) is 49.5. The first-order chi connectivity index (χ1) is 9.20. The van der Waals surface area contributed by atoms with Crippen LogP contribution in [0.3, 0.4) is 0 Å². The average Bonchev–Trinajstić information content (AvgIpc) is 2.50. The first-order valence-corrected chi connectivity index (χ1v) is 8.23. The van der Waals surface area contributed by atoms with Gasteiger partial charge in [-0.2, -0.15) is 0 Å². The molecule has 1 N–H and O–H groups in total. The van der Waals surface area contributed by atoms with Crippen LogP contribution in [-0.2, 0) is 4.79 Å². The van der Waals surface area contributed by atoms with Gasteiger partial charge in [0.25, 0.3) is 0 Å². The maximum absolute atomic E-state index is 12.5. The molecular formula is C16H26N2O. The summed E-state index contributed by atoms with van der Waals surface area (Å²) in [5.74, 6) is 4.05. The van der Waals surface area contributed by atoms with E-state index in [4.69, 9.17) is 0 Å². The van der Waals surface area contributed by atoms with Gasteiger partial charge >= 0.3 is 0 Å². The lowest BCUT2D eigenvalue weighted by atomic mass is 9.54. The summed E-state index contributed by atoms with van der Waals surface area (Å²) < 4.78 is 0. The molecule has 4 bridgehead atoms. The van der Waals surface area contributed by atoms with Crippen LogP contribution >= 0.6 is 0 Å². The Kier molecular flexibility index (Phi) is 2.87. The van der Waals surface area contributed by atoms with E-state index in [2.05, 4.69) is 17.1 Å². The first kappa shape index (κ1) is 12.2. The largest absolute Gasteiger partial charge is 0.338 e. The Morgan fingerprint density at radius 1 is 1.05 bits per heavy atom. The lowest BCUT2D eigenvalue weighted by molar-refractivity contribution is -0.143. The molecule has 1 heterocycles. The summed E-state index contributed by atoms with van der Waals surface area (Å²) in [4.78, 5) is 14.8. The Bertz CT molecular complexity index is 353. The van der Waals surface area contributed by atoms with Gasteiger partial charge < -0.3 is 10.2 Å². The molecule has 19 heavy (non-hydrogen) atoms. The van der Waals surface area contributed by atoms with E-state index in [9.17, 15) is 4.79 Å². The predicted molar refractivity (Wildman–Crippen MR) is 74.6 cm³/mol. The maximum Gasteiger partial charge on any atom is 0.224 e. The summed E-state index contributed by atoms with van der Waals surface area (Å²) in [6.07, 6.45) is 7.82. The summed E-state index contributed by atoms with van der Waals surface area (Å²) in [6.45, 7) is 4.03. The molecule has 1 saturated heterocycles. The van der Waals surface area contributed by atoms with E-state index in [-0.39, 0.29) is 0 Å². The molecule has 0 aromatic rings. The van der Waals surface area contributed by atoms with Gasteiger partial charge in [-0.3, -0.25) is 4.79 Å². The Hall–Kier alpha value is -0.570. The molecule has 5 aliphatic rings. The third-order valence-corrected chi connectivity index (χ3v) is 6.16. The number of nitrogens with zero attached hydrogens (tertiary/aromatic N) is 1. The van der Waals surface area contributed by atoms with Crippen molar-refractivity contribution in [3.63, 3.8) is 0 Å². The zero-order valence-electron chi connectivity index (χ0n) is 12.0. The van der Waals surface area contributed by atoms with E-state index >= 15 is 0 Å². The van der Waals surface area contributed by atoms with E-state index in [1.807, 2.05) is 0 Å². The van der Waals surface area contributed by atoms with E-state index in [1.54, 1.807) is 0 Å². The highest BCUT2D eigenvalue weighted by atomic mass is 16.2. The van der Waals surface area contributed by atoms with Crippen LogP contribution in [0.5, 0.6) is 0 Å². The maximum atomic E-state index is 12.5. The van der Waals surface area contributed by atoms with Crippen LogP contribution in [0.2, 0.25) is 0 Å². The van der Waals surface area contributed by atoms with Gasteiger partial charge in [-0.15, -0.1) is 0 Å². The van der Waals surface area contributed by atoms with Crippen LogP contribution in [0.1, 0.15) is 45.4 Å². The second-order valence-electron chi connectivity index (χ2n) is 7.57. The van der Waals surface area contributed by atoms with Crippen LogP contribution in [-0.4, -0.2) is 36.0 Å². The number of carbonyl (C=O) groups excluding carboxylic acids is 1. The lowest BCUT2D eigenvalue weighted by Gasteiger charge is -2.57. The minimum Gasteiger partial charge on any atom is -0.338 e. The first-order valence-electron chi connectivity index (χ1n) is 8.23. The fourth-order valence-corrected chi connectivity index (χ4v) is 5.72. The second-order valence-corrected chi connectivity index (χ2v) is 7.57. The molecule has 0 spiro atoms. The van der Waals surface area contributed by atoms with Gasteiger partial charge in [-0.25, -0.2) is 0 Å². The van der Waals surface area contributed by atoms with Crippen molar-refractivity contribution in [1.29, 1.82) is 0 Å². The van der Waals surface area contributed by atoms with Crippen molar-refractivity contribution in [2.75, 3.05) is 13.1 Å². The lowest BCUT2D eigenvalue weighted by Crippen LogP contribution is -2.58. The molecular weight excluding hydrogens is 236 g/mol. The molecule has 0 aromatic heterocycles. The Balaban J connectivity index is 1.58. The minimum atomic E-state index is 0.411. The number of nitrogens with one attached hydrogen (secondary N) is 1. The van der Waals surface area contributed by atoms with Crippen molar-refractivity contribution in [3.8, 4) is 0 Å². The fraction of sp³-hybridized carbons (Fsp3) is 0.938. The van der Waals surface area contributed by atoms with Gasteiger partial charge in [0.1, 0.15) is 0 Å². The van der Waals surface area contributed by atoms with Crippen LogP contribution in [0.15, 0.2) is 0 Å². The van der Waals surface area contributed by atoms with Crippen molar-refractivity contribution in [1.82, 2.24) is 10.2 Å². The van der Waals surface area contributed by atoms with Gasteiger partial charge in [0, 0.05) is 31.6 Å². The van der Waals surface area contributed by atoms with E-state index < -0.39 is 0 Å². The summed E-state index contributed by atoms with van der Waals surface area (Å²) in [7, 11) is 0. The number of amides is 1. The number of rotatable bonds is 1. The second kappa shape index (κ2) is 4.47. The van der Waals surface area contributed by atoms with Crippen molar-refractivity contribution >= 4 is 5.91 Å². The average molecular weight is 262 g/mol. The molecule has 3 heteroatoms. The summed E-state index contributed by atoms with van der Waals surface area (Å²) >= 11 is 0. The molecule has 3 nitrogen and oxygen atoms in total. The molecule has 1 amide bonds. The Labute approximate surface area is 116 Å². The molecule has 1 unspecified atom stereocenters. The van der Waals surface area contributed by atoms with Crippen LogP contribution in [0.25, 0.3) is 0 Å². The standard InChI is InChI=1S/C16H26N2O/c1-10-9-18(15(19)2-3-17-10)16-13-5-11-4-12(7-13)8-14(16)6-11/h10-14,16-17H,2-9H2,1H3. The van der Waals surface area contributed by atoms with Gasteiger partial charge in [0.15, 0.2) is 0 Å². The number of carbonyl (C=O) groups is 1. The van der Waals surface area contributed by atoms with Gasteiger partial charge in [-0.05, 0) is 62.7 Å². The van der Waals surface area contributed by atoms with E-state index in [0.717, 1.165) is 36.8 Å². The molecule has 5 rings (SSSR count). The zero-order chi connectivity index (χ0) is 13.0. The molecule has 0 radical (unpaired) electrons. The highest BCUT2D eigenvalue weighted by molar-refractivity contribution is 5.77. The van der Waals surface area contributed by atoms with Crippen molar-refractivity contribution in [2.45, 2.75) is 57.5 Å². The Morgan fingerprint density at radius 3 is 2.32 bits per heavy atom. The highest BCUT2D eigenvalue weighted by Crippen LogP contribution is 2.55. The monoisotopic (exact) mass is 262 g/mol. The quantitative estimate of drug-likeness (QED) is 0.784. The number of hydrogen-bond acceptors (Lipinski definition) is 2. The predicted octanol–water partition coefficient (Wildman–Crippen LogP) is 2.02. The van der Waals surface area contributed by atoms with Gasteiger partial charge in [0.05, 0.1) is 0 Å². The SMILES string of the molecule is CC1CN(C2C3CC4CC(C3)CC2C4)C(=O)CCN1. The molecule has 4 saturated carbocycles. The molecule has 1 atom stereocenters.